The van der Waals surface area contributed by atoms with Gasteiger partial charge in [0.25, 0.3) is 11.6 Å². The van der Waals surface area contributed by atoms with Crippen molar-refractivity contribution in [1.29, 1.82) is 0 Å². The number of nitrogens with one attached hydrogen (secondary N) is 2. The molecule has 0 aliphatic rings. The molecule has 1 aromatic rings. The number of nitrogen functional groups attached to an aromatic ring is 1. The molecule has 9 heteroatoms. The summed E-state index contributed by atoms with van der Waals surface area (Å²) >= 11 is 0. The average molecular weight is 296 g/mol. The van der Waals surface area contributed by atoms with Gasteiger partial charge in [0.1, 0.15) is 5.69 Å². The van der Waals surface area contributed by atoms with E-state index >= 15 is 0 Å². The number of carbonyl (C=O) groups excluding carboxylic acids is 2. The van der Waals surface area contributed by atoms with Crippen LogP contribution in [0.2, 0.25) is 0 Å². The van der Waals surface area contributed by atoms with Gasteiger partial charge < -0.3 is 21.1 Å². The molecule has 4 N–H and O–H groups in total. The molecule has 9 nitrogen and oxygen atoms in total. The van der Waals surface area contributed by atoms with Crippen molar-refractivity contribution in [2.45, 2.75) is 0 Å². The summed E-state index contributed by atoms with van der Waals surface area (Å²) in [6.07, 6.45) is 0. The minimum Gasteiger partial charge on any atom is -0.393 e. The van der Waals surface area contributed by atoms with E-state index < -0.39 is 10.8 Å². The number of hydrogen-bond acceptors (Lipinski definition) is 6. The van der Waals surface area contributed by atoms with E-state index in [-0.39, 0.29) is 29.4 Å². The van der Waals surface area contributed by atoms with E-state index in [2.05, 4.69) is 10.6 Å². The molecule has 0 spiro atoms. The second-order valence-electron chi connectivity index (χ2n) is 4.06. The summed E-state index contributed by atoms with van der Waals surface area (Å²) in [5.74, 6) is -0.981. The van der Waals surface area contributed by atoms with Crippen molar-refractivity contribution in [2.24, 2.45) is 0 Å². The van der Waals surface area contributed by atoms with E-state index in [9.17, 15) is 19.7 Å². The van der Waals surface area contributed by atoms with Crippen LogP contribution >= 0.6 is 0 Å². The molecule has 0 bridgehead atoms. The fraction of sp³-hybridized carbons (Fsp3) is 0.333. The maximum atomic E-state index is 11.8. The molecule has 0 aliphatic heterocycles. The van der Waals surface area contributed by atoms with Crippen molar-refractivity contribution in [3.8, 4) is 0 Å². The van der Waals surface area contributed by atoms with Crippen LogP contribution in [0, 0.1) is 10.1 Å². The summed E-state index contributed by atoms with van der Waals surface area (Å²) in [6.45, 7) is 0.461. The van der Waals surface area contributed by atoms with Crippen LogP contribution in [0.1, 0.15) is 10.4 Å². The lowest BCUT2D eigenvalue weighted by molar-refractivity contribution is -0.383. The lowest BCUT2D eigenvalue weighted by Gasteiger charge is -2.07. The minimum absolute atomic E-state index is 0.0335. The highest BCUT2D eigenvalue weighted by atomic mass is 16.6. The van der Waals surface area contributed by atoms with Crippen LogP contribution in [0.4, 0.5) is 11.4 Å². The summed E-state index contributed by atoms with van der Waals surface area (Å²) < 4.78 is 4.76. The molecule has 0 atom stereocenters. The zero-order chi connectivity index (χ0) is 15.8. The van der Waals surface area contributed by atoms with E-state index in [1.807, 2.05) is 0 Å². The number of nitro groups is 1. The standard InChI is InChI=1S/C12H16N4O5/c1-21-5-4-14-11(17)7-15-12(18)8-2-3-9(13)10(6-8)16(19)20/h2-3,6H,4-5,7,13H2,1H3,(H,14,17)(H,15,18). The van der Waals surface area contributed by atoms with Gasteiger partial charge in [0.05, 0.1) is 18.1 Å². The van der Waals surface area contributed by atoms with Crippen molar-refractivity contribution >= 4 is 23.2 Å². The summed E-state index contributed by atoms with van der Waals surface area (Å²) in [5.41, 5.74) is 5.10. The lowest BCUT2D eigenvalue weighted by Crippen LogP contribution is -2.38. The first-order valence-electron chi connectivity index (χ1n) is 6.03. The number of nitrogens with zero attached hydrogens (tertiary/aromatic N) is 1. The van der Waals surface area contributed by atoms with Gasteiger partial charge in [-0.1, -0.05) is 0 Å². The summed E-state index contributed by atoms with van der Waals surface area (Å²) in [7, 11) is 1.50. The monoisotopic (exact) mass is 296 g/mol. The van der Waals surface area contributed by atoms with E-state index in [0.717, 1.165) is 6.07 Å². The van der Waals surface area contributed by atoms with Gasteiger partial charge in [-0.2, -0.15) is 0 Å². The van der Waals surface area contributed by atoms with Gasteiger partial charge in [-0.05, 0) is 12.1 Å². The third kappa shape index (κ3) is 5.07. The van der Waals surface area contributed by atoms with E-state index in [0.29, 0.717) is 13.2 Å². The Kier molecular flexibility index (Phi) is 6.08. The van der Waals surface area contributed by atoms with Gasteiger partial charge in [0.2, 0.25) is 5.91 Å². The molecule has 1 aromatic carbocycles. The molecule has 0 fully saturated rings. The smallest absolute Gasteiger partial charge is 0.292 e. The molecule has 0 saturated heterocycles. The number of amides is 2. The van der Waals surface area contributed by atoms with Crippen molar-refractivity contribution < 1.29 is 19.2 Å². The third-order valence-corrected chi connectivity index (χ3v) is 2.53. The molecule has 0 aromatic heterocycles. The van der Waals surface area contributed by atoms with Gasteiger partial charge in [-0.25, -0.2) is 0 Å². The molecular formula is C12H16N4O5. The van der Waals surface area contributed by atoms with Gasteiger partial charge in [-0.3, -0.25) is 19.7 Å². The van der Waals surface area contributed by atoms with Crippen LogP contribution < -0.4 is 16.4 Å². The predicted octanol–water partition coefficient (Wildman–Crippen LogP) is -0.331. The van der Waals surface area contributed by atoms with Gasteiger partial charge in [-0.15, -0.1) is 0 Å². The molecule has 21 heavy (non-hydrogen) atoms. The molecule has 0 unspecified atom stereocenters. The molecule has 0 aliphatic carbocycles. The molecular weight excluding hydrogens is 280 g/mol. The Labute approximate surface area is 120 Å². The van der Waals surface area contributed by atoms with Gasteiger partial charge >= 0.3 is 0 Å². The van der Waals surface area contributed by atoms with Crippen molar-refractivity contribution in [3.63, 3.8) is 0 Å². The molecule has 2 amide bonds. The molecule has 1 rings (SSSR count). The first-order chi connectivity index (χ1) is 9.95. The maximum Gasteiger partial charge on any atom is 0.292 e. The Morgan fingerprint density at radius 2 is 2.10 bits per heavy atom. The van der Waals surface area contributed by atoms with Crippen LogP contribution in [0.5, 0.6) is 0 Å². The number of rotatable bonds is 7. The number of nitro benzene ring substituents is 1. The summed E-state index contributed by atoms with van der Waals surface area (Å²) in [6, 6.07) is 3.68. The third-order valence-electron chi connectivity index (χ3n) is 2.53. The minimum atomic E-state index is -0.677. The Morgan fingerprint density at radius 3 is 2.71 bits per heavy atom. The fourth-order valence-corrected chi connectivity index (χ4v) is 1.46. The van der Waals surface area contributed by atoms with Gasteiger partial charge in [0, 0.05) is 25.3 Å². The number of anilines is 1. The zero-order valence-electron chi connectivity index (χ0n) is 11.4. The van der Waals surface area contributed by atoms with Crippen molar-refractivity contribution in [1.82, 2.24) is 10.6 Å². The van der Waals surface area contributed by atoms with Crippen molar-refractivity contribution in [3.05, 3.63) is 33.9 Å². The van der Waals surface area contributed by atoms with E-state index in [1.165, 1.54) is 19.2 Å². The maximum absolute atomic E-state index is 11.8. The Hall–Kier alpha value is -2.68. The number of hydrogen-bond donors (Lipinski definition) is 3. The number of methoxy groups -OCH3 is 1. The Morgan fingerprint density at radius 1 is 1.38 bits per heavy atom. The predicted molar refractivity (Wildman–Crippen MR) is 74.7 cm³/mol. The quantitative estimate of drug-likeness (QED) is 0.273. The Balaban J connectivity index is 2.58. The molecule has 114 valence electrons. The molecule has 0 saturated carbocycles. The lowest BCUT2D eigenvalue weighted by atomic mass is 10.1. The van der Waals surface area contributed by atoms with Crippen molar-refractivity contribution in [2.75, 3.05) is 32.5 Å². The molecule has 0 radical (unpaired) electrons. The van der Waals surface area contributed by atoms with E-state index in [1.54, 1.807) is 0 Å². The zero-order valence-corrected chi connectivity index (χ0v) is 11.4. The van der Waals surface area contributed by atoms with Crippen LogP contribution in [0.15, 0.2) is 18.2 Å². The number of nitrogens with two attached hydrogens (primary N) is 1. The SMILES string of the molecule is COCCNC(=O)CNC(=O)c1ccc(N)c([N+](=O)[O-])c1. The second-order valence-corrected chi connectivity index (χ2v) is 4.06. The van der Waals surface area contributed by atoms with Crippen LogP contribution in [0.3, 0.4) is 0 Å². The first-order valence-corrected chi connectivity index (χ1v) is 6.03. The topological polar surface area (TPSA) is 137 Å². The van der Waals surface area contributed by atoms with Crippen LogP contribution in [-0.4, -0.2) is 43.5 Å². The number of ether oxygens (including phenoxy) is 1. The van der Waals surface area contributed by atoms with E-state index in [4.69, 9.17) is 10.5 Å². The summed E-state index contributed by atoms with van der Waals surface area (Å²) in [4.78, 5) is 33.2. The molecule has 0 heterocycles. The number of benzene rings is 1. The highest BCUT2D eigenvalue weighted by Gasteiger charge is 2.16. The van der Waals surface area contributed by atoms with Crippen LogP contribution in [0.25, 0.3) is 0 Å². The first kappa shape index (κ1) is 16.4. The number of carbonyl (C=O) groups is 2. The highest BCUT2D eigenvalue weighted by Crippen LogP contribution is 2.22. The average Bonchev–Trinajstić information content (AvgIpc) is 2.45. The largest absolute Gasteiger partial charge is 0.393 e. The fourth-order valence-electron chi connectivity index (χ4n) is 1.46. The summed E-state index contributed by atoms with van der Waals surface area (Å²) in [5, 5.41) is 15.6. The second kappa shape index (κ2) is 7.80. The van der Waals surface area contributed by atoms with Gasteiger partial charge in [0.15, 0.2) is 0 Å². The van der Waals surface area contributed by atoms with Crippen LogP contribution in [-0.2, 0) is 9.53 Å². The highest BCUT2D eigenvalue weighted by molar-refractivity contribution is 5.97. The normalized spacial score (nSPS) is 9.95. The Bertz CT molecular complexity index is 546.